The summed E-state index contributed by atoms with van der Waals surface area (Å²) >= 11 is 0. The molecule has 0 saturated carbocycles. The average Bonchev–Trinajstić information content (AvgIpc) is 3.23. The lowest BCUT2D eigenvalue weighted by Crippen LogP contribution is -2.35. The van der Waals surface area contributed by atoms with Gasteiger partial charge in [0, 0.05) is 41.5 Å². The van der Waals surface area contributed by atoms with Crippen LogP contribution in [0.4, 0.5) is 11.4 Å². The molecule has 1 heterocycles. The number of nitrogens with one attached hydrogen (secondary N) is 2. The van der Waals surface area contributed by atoms with Crippen molar-refractivity contribution in [2.75, 3.05) is 16.8 Å². The number of rotatable bonds is 6. The van der Waals surface area contributed by atoms with E-state index < -0.39 is 0 Å². The molecule has 162 valence electrons. The van der Waals surface area contributed by atoms with Crippen molar-refractivity contribution in [1.82, 2.24) is 5.32 Å². The number of carbonyl (C=O) groups excluding carboxylic acids is 3. The zero-order valence-corrected chi connectivity index (χ0v) is 17.9. The molecule has 1 aliphatic heterocycles. The Morgan fingerprint density at radius 2 is 1.56 bits per heavy atom. The van der Waals surface area contributed by atoms with E-state index in [9.17, 15) is 14.4 Å². The maximum absolute atomic E-state index is 12.9. The van der Waals surface area contributed by atoms with E-state index in [0.717, 1.165) is 12.1 Å². The summed E-state index contributed by atoms with van der Waals surface area (Å²) in [5, 5.41) is 5.65. The van der Waals surface area contributed by atoms with Gasteiger partial charge in [-0.3, -0.25) is 14.4 Å². The Labute approximate surface area is 187 Å². The molecule has 0 radical (unpaired) electrons. The molecule has 0 saturated heterocycles. The first-order valence-corrected chi connectivity index (χ1v) is 10.7. The minimum atomic E-state index is -0.321. The third-order valence-corrected chi connectivity index (χ3v) is 5.45. The number of anilines is 2. The molecule has 32 heavy (non-hydrogen) atoms. The number of nitrogens with zero attached hydrogens (tertiary/aromatic N) is 1. The molecule has 1 atom stereocenters. The van der Waals surface area contributed by atoms with Crippen molar-refractivity contribution >= 4 is 29.1 Å². The Morgan fingerprint density at radius 3 is 2.31 bits per heavy atom. The van der Waals surface area contributed by atoms with E-state index >= 15 is 0 Å². The Hall–Kier alpha value is -3.93. The lowest BCUT2D eigenvalue weighted by atomic mass is 10.1. The van der Waals surface area contributed by atoms with Crippen LogP contribution in [0.5, 0.6) is 0 Å². The number of fused-ring (bicyclic) bond motifs is 1. The van der Waals surface area contributed by atoms with Crippen LogP contribution in [-0.2, 0) is 11.2 Å². The van der Waals surface area contributed by atoms with E-state index in [-0.39, 0.29) is 30.2 Å². The van der Waals surface area contributed by atoms with Crippen LogP contribution in [0.1, 0.15) is 39.6 Å². The largest absolute Gasteiger partial charge is 0.349 e. The number of para-hydroxylation sites is 1. The number of amides is 3. The topological polar surface area (TPSA) is 78.5 Å². The number of hydrogen-bond acceptors (Lipinski definition) is 3. The molecular formula is C26H25N3O3. The molecule has 0 aromatic heterocycles. The summed E-state index contributed by atoms with van der Waals surface area (Å²) < 4.78 is 0. The second kappa shape index (κ2) is 9.47. The van der Waals surface area contributed by atoms with E-state index in [4.69, 9.17) is 0 Å². The van der Waals surface area contributed by atoms with E-state index in [0.29, 0.717) is 23.4 Å². The first-order chi connectivity index (χ1) is 15.5. The van der Waals surface area contributed by atoms with E-state index in [1.165, 1.54) is 5.56 Å². The van der Waals surface area contributed by atoms with Gasteiger partial charge in [-0.2, -0.15) is 0 Å². The summed E-state index contributed by atoms with van der Waals surface area (Å²) in [7, 11) is 0. The Bertz CT molecular complexity index is 1130. The number of benzene rings is 3. The zero-order chi connectivity index (χ0) is 22.5. The van der Waals surface area contributed by atoms with Crippen LogP contribution < -0.4 is 15.5 Å². The average molecular weight is 428 g/mol. The van der Waals surface area contributed by atoms with Gasteiger partial charge in [0.1, 0.15) is 0 Å². The summed E-state index contributed by atoms with van der Waals surface area (Å²) in [5.74, 6) is -0.472. The van der Waals surface area contributed by atoms with Crippen molar-refractivity contribution in [3.63, 3.8) is 0 Å². The third-order valence-electron chi connectivity index (χ3n) is 5.45. The molecule has 1 aliphatic rings. The molecule has 0 bridgehead atoms. The van der Waals surface area contributed by atoms with Crippen molar-refractivity contribution in [1.29, 1.82) is 0 Å². The monoisotopic (exact) mass is 427 g/mol. The van der Waals surface area contributed by atoms with Gasteiger partial charge >= 0.3 is 0 Å². The minimum absolute atomic E-state index is 0.0509. The Morgan fingerprint density at radius 1 is 0.875 bits per heavy atom. The zero-order valence-electron chi connectivity index (χ0n) is 17.9. The van der Waals surface area contributed by atoms with E-state index in [1.807, 2.05) is 30.3 Å². The van der Waals surface area contributed by atoms with Gasteiger partial charge in [-0.15, -0.1) is 0 Å². The molecule has 4 rings (SSSR count). The molecule has 6 heteroatoms. The maximum Gasteiger partial charge on any atom is 0.258 e. The van der Waals surface area contributed by atoms with Crippen LogP contribution in [0.3, 0.4) is 0 Å². The van der Waals surface area contributed by atoms with Crippen molar-refractivity contribution in [3.05, 3.63) is 95.6 Å². The van der Waals surface area contributed by atoms with Gasteiger partial charge in [0.2, 0.25) is 5.91 Å². The van der Waals surface area contributed by atoms with Gasteiger partial charge in [0.25, 0.3) is 11.8 Å². The quantitative estimate of drug-likeness (QED) is 0.623. The van der Waals surface area contributed by atoms with Gasteiger partial charge < -0.3 is 15.5 Å². The summed E-state index contributed by atoms with van der Waals surface area (Å²) in [6.45, 7) is 2.46. The van der Waals surface area contributed by atoms with E-state index in [2.05, 4.69) is 10.6 Å². The summed E-state index contributed by atoms with van der Waals surface area (Å²) in [4.78, 5) is 39.3. The predicted molar refractivity (Wildman–Crippen MR) is 125 cm³/mol. The van der Waals surface area contributed by atoms with Crippen molar-refractivity contribution in [3.8, 4) is 0 Å². The molecule has 3 amide bonds. The lowest BCUT2D eigenvalue weighted by molar-refractivity contribution is -0.116. The molecule has 1 unspecified atom stereocenters. The van der Waals surface area contributed by atoms with Gasteiger partial charge in [0.05, 0.1) is 0 Å². The first-order valence-electron chi connectivity index (χ1n) is 10.7. The highest BCUT2D eigenvalue weighted by molar-refractivity contribution is 6.07. The molecule has 0 fully saturated rings. The van der Waals surface area contributed by atoms with Crippen LogP contribution in [0.25, 0.3) is 0 Å². The highest BCUT2D eigenvalue weighted by Gasteiger charge is 2.25. The second-order valence-electron chi connectivity index (χ2n) is 7.91. The SMILES string of the molecule is CC(CC(=O)Nc1ccc(C(=O)N2CCc3ccccc32)cc1)NC(=O)c1ccccc1. The molecular weight excluding hydrogens is 402 g/mol. The Kier molecular flexibility index (Phi) is 6.31. The fourth-order valence-electron chi connectivity index (χ4n) is 3.84. The molecule has 2 N–H and O–H groups in total. The molecule has 6 nitrogen and oxygen atoms in total. The predicted octanol–water partition coefficient (Wildman–Crippen LogP) is 4.04. The normalized spacial score (nSPS) is 13.2. The fourth-order valence-corrected chi connectivity index (χ4v) is 3.84. The van der Waals surface area contributed by atoms with Gasteiger partial charge in [0.15, 0.2) is 0 Å². The third kappa shape index (κ3) is 4.86. The highest BCUT2D eigenvalue weighted by Crippen LogP contribution is 2.29. The number of carbonyl (C=O) groups is 3. The minimum Gasteiger partial charge on any atom is -0.349 e. The van der Waals surface area contributed by atoms with Crippen molar-refractivity contribution < 1.29 is 14.4 Å². The molecule has 0 aliphatic carbocycles. The summed E-state index contributed by atoms with van der Waals surface area (Å²) in [6.07, 6.45) is 0.999. The summed E-state index contributed by atoms with van der Waals surface area (Å²) in [6, 6.07) is 23.4. The van der Waals surface area contributed by atoms with E-state index in [1.54, 1.807) is 60.4 Å². The standard InChI is InChI=1S/C26H25N3O3/c1-18(27-25(31)20-8-3-2-4-9-20)17-24(30)28-22-13-11-21(12-14-22)26(32)29-16-15-19-7-5-6-10-23(19)29/h2-14,18H,15-17H2,1H3,(H,27,31)(H,28,30). The van der Waals surface area contributed by atoms with Gasteiger partial charge in [-0.25, -0.2) is 0 Å². The summed E-state index contributed by atoms with van der Waals surface area (Å²) in [5.41, 5.74) is 3.87. The highest BCUT2D eigenvalue weighted by atomic mass is 16.2. The van der Waals surface area contributed by atoms with Crippen molar-refractivity contribution in [2.24, 2.45) is 0 Å². The first kappa shape index (κ1) is 21.3. The smallest absolute Gasteiger partial charge is 0.258 e. The fraction of sp³-hybridized carbons (Fsp3) is 0.192. The van der Waals surface area contributed by atoms with Crippen LogP contribution in [0.15, 0.2) is 78.9 Å². The van der Waals surface area contributed by atoms with Crippen LogP contribution in [-0.4, -0.2) is 30.3 Å². The molecule has 0 spiro atoms. The van der Waals surface area contributed by atoms with Crippen LogP contribution >= 0.6 is 0 Å². The van der Waals surface area contributed by atoms with Gasteiger partial charge in [-0.1, -0.05) is 36.4 Å². The van der Waals surface area contributed by atoms with Crippen LogP contribution in [0.2, 0.25) is 0 Å². The molecule has 3 aromatic carbocycles. The lowest BCUT2D eigenvalue weighted by Gasteiger charge is -2.17. The van der Waals surface area contributed by atoms with Gasteiger partial charge in [-0.05, 0) is 61.4 Å². The van der Waals surface area contributed by atoms with Crippen molar-refractivity contribution in [2.45, 2.75) is 25.8 Å². The number of hydrogen-bond donors (Lipinski definition) is 2. The maximum atomic E-state index is 12.9. The molecule has 3 aromatic rings. The Balaban J connectivity index is 1.31. The second-order valence-corrected chi connectivity index (χ2v) is 7.91. The van der Waals surface area contributed by atoms with Crippen LogP contribution in [0, 0.1) is 0 Å².